The van der Waals surface area contributed by atoms with Gasteiger partial charge in [-0.15, -0.1) is 0 Å². The van der Waals surface area contributed by atoms with E-state index in [1.807, 2.05) is 6.08 Å². The van der Waals surface area contributed by atoms with Crippen molar-refractivity contribution in [2.45, 2.75) is 46.6 Å². The van der Waals surface area contributed by atoms with Crippen molar-refractivity contribution in [2.75, 3.05) is 19.6 Å². The van der Waals surface area contributed by atoms with Crippen molar-refractivity contribution in [3.05, 3.63) is 44.9 Å². The van der Waals surface area contributed by atoms with Crippen LogP contribution < -0.4 is 0 Å². The Bertz CT molecular complexity index is 702. The quantitative estimate of drug-likeness (QED) is 0.425. The number of rotatable bonds is 7. The van der Waals surface area contributed by atoms with Crippen LogP contribution in [-0.4, -0.2) is 30.5 Å². The number of halogens is 2. The number of likely N-dealkylation sites (tertiary alicyclic amines) is 1. The fourth-order valence-electron chi connectivity index (χ4n) is 4.43. The molecule has 1 aromatic carbocycles. The summed E-state index contributed by atoms with van der Waals surface area (Å²) in [5.41, 5.74) is 2.41. The Morgan fingerprint density at radius 1 is 1.18 bits per heavy atom. The van der Waals surface area contributed by atoms with Crippen LogP contribution in [0.1, 0.15) is 44.7 Å². The van der Waals surface area contributed by atoms with Crippen molar-refractivity contribution in [1.82, 2.24) is 4.90 Å². The Balaban J connectivity index is 1.46. The summed E-state index contributed by atoms with van der Waals surface area (Å²) in [7, 11) is 0. The Kier molecular flexibility index (Phi) is 7.43. The predicted molar refractivity (Wildman–Crippen MR) is 121 cm³/mol. The third kappa shape index (κ3) is 5.48. The van der Waals surface area contributed by atoms with Gasteiger partial charge in [-0.05, 0) is 99.1 Å². The van der Waals surface area contributed by atoms with E-state index in [4.69, 9.17) is 4.74 Å². The smallest absolute Gasteiger partial charge is 0.310 e. The van der Waals surface area contributed by atoms with Gasteiger partial charge in [0.05, 0.1) is 9.31 Å². The molecule has 0 radical (unpaired) electrons. The Labute approximate surface area is 186 Å². The van der Waals surface area contributed by atoms with Crippen molar-refractivity contribution in [1.29, 1.82) is 0 Å². The number of piperidine rings is 1. The summed E-state index contributed by atoms with van der Waals surface area (Å²) in [6.07, 6.45) is 5.80. The summed E-state index contributed by atoms with van der Waals surface area (Å²) in [5, 5.41) is 0. The number of carbonyl (C=O) groups excluding carboxylic acids is 1. The topological polar surface area (TPSA) is 29.5 Å². The van der Waals surface area contributed by atoms with Gasteiger partial charge in [-0.2, -0.15) is 0 Å². The molecule has 28 heavy (non-hydrogen) atoms. The summed E-state index contributed by atoms with van der Waals surface area (Å²) in [4.78, 5) is 15.0. The molecule has 1 aliphatic heterocycles. The first kappa shape index (κ1) is 22.0. The molecule has 0 aromatic heterocycles. The van der Waals surface area contributed by atoms with Gasteiger partial charge in [0.25, 0.3) is 0 Å². The first-order valence-electron chi connectivity index (χ1n) is 10.3. The maximum absolute atomic E-state index is 12.5. The lowest BCUT2D eigenvalue weighted by atomic mass is 9.90. The van der Waals surface area contributed by atoms with Gasteiger partial charge < -0.3 is 9.64 Å². The average molecular weight is 513 g/mol. The monoisotopic (exact) mass is 511 g/mol. The van der Waals surface area contributed by atoms with Gasteiger partial charge in [-0.3, -0.25) is 4.79 Å². The first-order chi connectivity index (χ1) is 13.3. The van der Waals surface area contributed by atoms with E-state index in [-0.39, 0.29) is 23.2 Å². The highest BCUT2D eigenvalue weighted by Crippen LogP contribution is 2.60. The lowest BCUT2D eigenvalue weighted by Gasteiger charge is -2.31. The van der Waals surface area contributed by atoms with Crippen LogP contribution in [0, 0.1) is 23.2 Å². The minimum Gasteiger partial charge on any atom is -0.461 e. The number of carbonyl (C=O) groups is 1. The molecule has 154 valence electrons. The van der Waals surface area contributed by atoms with Crippen LogP contribution >= 0.6 is 31.9 Å². The fourth-order valence-corrected chi connectivity index (χ4v) is 5.00. The Hall–Kier alpha value is -0.650. The molecule has 2 fully saturated rings. The van der Waals surface area contributed by atoms with Crippen LogP contribution in [0.2, 0.25) is 0 Å². The van der Waals surface area contributed by atoms with Gasteiger partial charge in [0.1, 0.15) is 6.61 Å². The van der Waals surface area contributed by atoms with E-state index >= 15 is 0 Å². The molecule has 0 N–H and O–H groups in total. The standard InChI is InChI=1S/C23H31Br2NO2/c1-4-26-11-9-17(10-12-26)13-16-5-7-18(8-6-16)15-28-22(27)21-19(14-20(24)25)23(21,2)3/h5-8,14,17,19,21H,4,9-13,15H2,1-3H3. The number of hydrogen-bond acceptors (Lipinski definition) is 3. The molecular weight excluding hydrogens is 482 g/mol. The second-order valence-electron chi connectivity index (χ2n) is 8.79. The Morgan fingerprint density at radius 2 is 1.79 bits per heavy atom. The van der Waals surface area contributed by atoms with E-state index in [0.29, 0.717) is 6.61 Å². The highest BCUT2D eigenvalue weighted by molar-refractivity contribution is 9.28. The molecule has 0 spiro atoms. The van der Waals surface area contributed by atoms with Gasteiger partial charge in [-0.1, -0.05) is 51.1 Å². The minimum atomic E-state index is -0.0979. The number of hydrogen-bond donors (Lipinski definition) is 0. The molecule has 1 saturated carbocycles. The second-order valence-corrected chi connectivity index (χ2v) is 11.6. The fraction of sp³-hybridized carbons (Fsp3) is 0.609. The van der Waals surface area contributed by atoms with Crippen LogP contribution in [0.5, 0.6) is 0 Å². The largest absolute Gasteiger partial charge is 0.461 e. The highest BCUT2D eigenvalue weighted by atomic mass is 79.9. The number of nitrogens with zero attached hydrogens (tertiary/aromatic N) is 1. The van der Waals surface area contributed by atoms with Crippen LogP contribution in [0.4, 0.5) is 0 Å². The Morgan fingerprint density at radius 3 is 2.36 bits per heavy atom. The lowest BCUT2D eigenvalue weighted by molar-refractivity contribution is -0.147. The van der Waals surface area contributed by atoms with Gasteiger partial charge in [0.2, 0.25) is 0 Å². The number of ether oxygens (including phenoxy) is 1. The predicted octanol–water partition coefficient (Wildman–Crippen LogP) is 5.91. The molecule has 0 amide bonds. The van der Waals surface area contributed by atoms with E-state index in [9.17, 15) is 4.79 Å². The molecular formula is C23H31Br2NO2. The maximum atomic E-state index is 12.5. The molecule has 1 saturated heterocycles. The van der Waals surface area contributed by atoms with Crippen molar-refractivity contribution < 1.29 is 9.53 Å². The third-order valence-corrected chi connectivity index (χ3v) is 7.08. The molecule has 3 nitrogen and oxygen atoms in total. The van der Waals surface area contributed by atoms with E-state index in [0.717, 1.165) is 21.3 Å². The third-order valence-electron chi connectivity index (χ3n) is 6.55. The summed E-state index contributed by atoms with van der Waals surface area (Å²) < 4.78 is 6.50. The van der Waals surface area contributed by atoms with Gasteiger partial charge in [0.15, 0.2) is 0 Å². The molecule has 1 heterocycles. The van der Waals surface area contributed by atoms with Gasteiger partial charge in [-0.25, -0.2) is 0 Å². The van der Waals surface area contributed by atoms with Crippen molar-refractivity contribution in [3.63, 3.8) is 0 Å². The van der Waals surface area contributed by atoms with Gasteiger partial charge >= 0.3 is 5.97 Å². The minimum absolute atomic E-state index is 0.0406. The summed E-state index contributed by atoms with van der Waals surface area (Å²) in [6.45, 7) is 10.5. The van der Waals surface area contributed by atoms with Gasteiger partial charge in [0, 0.05) is 0 Å². The van der Waals surface area contributed by atoms with Crippen molar-refractivity contribution >= 4 is 37.8 Å². The lowest BCUT2D eigenvalue weighted by Crippen LogP contribution is -2.34. The number of benzene rings is 1. The number of esters is 1. The zero-order valence-electron chi connectivity index (χ0n) is 17.1. The zero-order valence-corrected chi connectivity index (χ0v) is 20.3. The van der Waals surface area contributed by atoms with Crippen LogP contribution in [0.3, 0.4) is 0 Å². The summed E-state index contributed by atoms with van der Waals surface area (Å²) >= 11 is 6.78. The maximum Gasteiger partial charge on any atom is 0.310 e. The molecule has 5 heteroatoms. The summed E-state index contributed by atoms with van der Waals surface area (Å²) in [6, 6.07) is 8.61. The molecule has 0 bridgehead atoms. The van der Waals surface area contributed by atoms with E-state index in [1.165, 1.54) is 38.0 Å². The highest BCUT2D eigenvalue weighted by Gasteiger charge is 2.61. The first-order valence-corrected chi connectivity index (χ1v) is 11.9. The van der Waals surface area contributed by atoms with Crippen LogP contribution in [0.25, 0.3) is 0 Å². The molecule has 2 unspecified atom stereocenters. The zero-order chi connectivity index (χ0) is 20.3. The van der Waals surface area contributed by atoms with E-state index < -0.39 is 0 Å². The van der Waals surface area contributed by atoms with Crippen molar-refractivity contribution in [2.24, 2.45) is 23.2 Å². The SMILES string of the molecule is CCN1CCC(Cc2ccc(COC(=O)C3C(C=C(Br)Br)C3(C)C)cc2)CC1. The van der Waals surface area contributed by atoms with E-state index in [2.05, 4.69) is 81.8 Å². The molecule has 2 atom stereocenters. The molecule has 2 aliphatic rings. The molecule has 3 rings (SSSR count). The molecule has 1 aromatic rings. The van der Waals surface area contributed by atoms with Crippen molar-refractivity contribution in [3.8, 4) is 0 Å². The van der Waals surface area contributed by atoms with E-state index in [1.54, 1.807) is 0 Å². The average Bonchev–Trinajstić information content (AvgIpc) is 3.20. The van der Waals surface area contributed by atoms with Crippen LogP contribution in [0.15, 0.2) is 33.7 Å². The summed E-state index contributed by atoms with van der Waals surface area (Å²) in [5.74, 6) is 0.850. The number of allylic oxidation sites excluding steroid dienone is 1. The molecule has 1 aliphatic carbocycles. The normalized spacial score (nSPS) is 24.6. The second kappa shape index (κ2) is 9.44. The van der Waals surface area contributed by atoms with Crippen LogP contribution in [-0.2, 0) is 22.6 Å².